The van der Waals surface area contributed by atoms with Crippen LogP contribution in [0, 0.1) is 0 Å². The first-order chi connectivity index (χ1) is 9.31. The molecule has 1 aliphatic heterocycles. The third kappa shape index (κ3) is 2.79. The van der Waals surface area contributed by atoms with E-state index in [1.165, 1.54) is 56.3 Å². The predicted octanol–water partition coefficient (Wildman–Crippen LogP) is 3.36. The Morgan fingerprint density at radius 1 is 1.16 bits per heavy atom. The SMILES string of the molecule is CCCc1ccc(N2CCNC3(CCCC3)C2)cc1. The number of hydrogen-bond donors (Lipinski definition) is 1. The van der Waals surface area contributed by atoms with E-state index in [1.807, 2.05) is 0 Å². The zero-order chi connectivity index (χ0) is 13.1. The number of aryl methyl sites for hydroxylation is 1. The lowest BCUT2D eigenvalue weighted by Gasteiger charge is -2.42. The minimum Gasteiger partial charge on any atom is -0.368 e. The Hall–Kier alpha value is -1.02. The lowest BCUT2D eigenvalue weighted by atomic mass is 9.94. The van der Waals surface area contributed by atoms with Crippen LogP contribution in [0.3, 0.4) is 0 Å². The van der Waals surface area contributed by atoms with Crippen LogP contribution in [0.4, 0.5) is 5.69 Å². The molecule has 0 radical (unpaired) electrons. The van der Waals surface area contributed by atoms with Crippen molar-refractivity contribution in [3.8, 4) is 0 Å². The second kappa shape index (κ2) is 5.54. The van der Waals surface area contributed by atoms with Crippen molar-refractivity contribution in [2.24, 2.45) is 0 Å². The van der Waals surface area contributed by atoms with E-state index in [9.17, 15) is 0 Å². The smallest absolute Gasteiger partial charge is 0.0367 e. The fourth-order valence-electron chi connectivity index (χ4n) is 3.73. The highest BCUT2D eigenvalue weighted by molar-refractivity contribution is 5.49. The molecule has 0 atom stereocenters. The third-order valence-electron chi connectivity index (χ3n) is 4.78. The van der Waals surface area contributed by atoms with Gasteiger partial charge in [0.2, 0.25) is 0 Å². The van der Waals surface area contributed by atoms with Crippen LogP contribution < -0.4 is 10.2 Å². The van der Waals surface area contributed by atoms with Gasteiger partial charge in [0, 0.05) is 30.9 Å². The molecule has 1 aromatic rings. The van der Waals surface area contributed by atoms with Gasteiger partial charge in [0.25, 0.3) is 0 Å². The van der Waals surface area contributed by atoms with E-state index >= 15 is 0 Å². The van der Waals surface area contributed by atoms with E-state index in [2.05, 4.69) is 41.4 Å². The molecule has 1 heterocycles. The molecule has 0 bridgehead atoms. The Balaban J connectivity index is 1.70. The van der Waals surface area contributed by atoms with Crippen LogP contribution in [0.15, 0.2) is 24.3 Å². The van der Waals surface area contributed by atoms with Gasteiger partial charge >= 0.3 is 0 Å². The molecule has 0 aromatic heterocycles. The highest BCUT2D eigenvalue weighted by atomic mass is 15.2. The summed E-state index contributed by atoms with van der Waals surface area (Å²) >= 11 is 0. The molecule has 104 valence electrons. The zero-order valence-electron chi connectivity index (χ0n) is 12.1. The summed E-state index contributed by atoms with van der Waals surface area (Å²) in [5.41, 5.74) is 3.30. The Kier molecular flexibility index (Phi) is 3.79. The molecule has 1 spiro atoms. The van der Waals surface area contributed by atoms with Gasteiger partial charge in [-0.1, -0.05) is 38.3 Å². The van der Waals surface area contributed by atoms with Crippen molar-refractivity contribution in [1.82, 2.24) is 5.32 Å². The number of nitrogens with one attached hydrogen (secondary N) is 1. The molecular weight excluding hydrogens is 232 g/mol. The van der Waals surface area contributed by atoms with Gasteiger partial charge in [0.1, 0.15) is 0 Å². The topological polar surface area (TPSA) is 15.3 Å². The molecule has 1 N–H and O–H groups in total. The van der Waals surface area contributed by atoms with Crippen LogP contribution in [-0.4, -0.2) is 25.2 Å². The number of hydrogen-bond acceptors (Lipinski definition) is 2. The molecule has 1 aliphatic carbocycles. The minimum absolute atomic E-state index is 0.417. The van der Waals surface area contributed by atoms with E-state index in [1.54, 1.807) is 0 Å². The summed E-state index contributed by atoms with van der Waals surface area (Å²) < 4.78 is 0. The molecular formula is C17H26N2. The lowest BCUT2D eigenvalue weighted by Crippen LogP contribution is -2.59. The molecule has 1 aromatic carbocycles. The van der Waals surface area contributed by atoms with Crippen LogP contribution in [0.5, 0.6) is 0 Å². The molecule has 1 saturated carbocycles. The molecule has 2 fully saturated rings. The number of piperazine rings is 1. The minimum atomic E-state index is 0.417. The molecule has 2 aliphatic rings. The summed E-state index contributed by atoms with van der Waals surface area (Å²) in [5.74, 6) is 0. The summed E-state index contributed by atoms with van der Waals surface area (Å²) in [7, 11) is 0. The highest BCUT2D eigenvalue weighted by Crippen LogP contribution is 2.33. The Morgan fingerprint density at radius 2 is 1.89 bits per heavy atom. The fraction of sp³-hybridized carbons (Fsp3) is 0.647. The van der Waals surface area contributed by atoms with Crippen LogP contribution >= 0.6 is 0 Å². The van der Waals surface area contributed by atoms with Gasteiger partial charge in [-0.3, -0.25) is 0 Å². The number of benzene rings is 1. The largest absolute Gasteiger partial charge is 0.368 e. The van der Waals surface area contributed by atoms with E-state index in [0.29, 0.717) is 5.54 Å². The monoisotopic (exact) mass is 258 g/mol. The van der Waals surface area contributed by atoms with Crippen molar-refractivity contribution < 1.29 is 0 Å². The van der Waals surface area contributed by atoms with Gasteiger partial charge < -0.3 is 10.2 Å². The zero-order valence-corrected chi connectivity index (χ0v) is 12.1. The van der Waals surface area contributed by atoms with Crippen LogP contribution in [0.25, 0.3) is 0 Å². The van der Waals surface area contributed by atoms with Gasteiger partial charge in [-0.05, 0) is 37.0 Å². The Labute approximate surface area is 117 Å². The normalized spacial score (nSPS) is 22.1. The van der Waals surface area contributed by atoms with Crippen molar-refractivity contribution in [2.45, 2.75) is 51.0 Å². The third-order valence-corrected chi connectivity index (χ3v) is 4.78. The summed E-state index contributed by atoms with van der Waals surface area (Å²) in [6.45, 7) is 5.72. The van der Waals surface area contributed by atoms with E-state index < -0.39 is 0 Å². The van der Waals surface area contributed by atoms with E-state index in [-0.39, 0.29) is 0 Å². The summed E-state index contributed by atoms with van der Waals surface area (Å²) in [6, 6.07) is 9.25. The van der Waals surface area contributed by atoms with Crippen LogP contribution in [0.2, 0.25) is 0 Å². The van der Waals surface area contributed by atoms with Crippen LogP contribution in [0.1, 0.15) is 44.6 Å². The fourth-order valence-corrected chi connectivity index (χ4v) is 3.73. The van der Waals surface area contributed by atoms with Crippen molar-refractivity contribution in [3.05, 3.63) is 29.8 Å². The van der Waals surface area contributed by atoms with Crippen molar-refractivity contribution in [1.29, 1.82) is 0 Å². The standard InChI is InChI=1S/C17H26N2/c1-2-5-15-6-8-16(9-7-15)19-13-12-18-17(14-19)10-3-4-11-17/h6-9,18H,2-5,10-14H2,1H3. The lowest BCUT2D eigenvalue weighted by molar-refractivity contribution is 0.304. The Bertz CT molecular complexity index is 404. The molecule has 2 heteroatoms. The van der Waals surface area contributed by atoms with Crippen molar-refractivity contribution in [2.75, 3.05) is 24.5 Å². The molecule has 3 rings (SSSR count). The van der Waals surface area contributed by atoms with Gasteiger partial charge in [0.15, 0.2) is 0 Å². The molecule has 19 heavy (non-hydrogen) atoms. The maximum atomic E-state index is 3.78. The first kappa shape index (κ1) is 13.0. The summed E-state index contributed by atoms with van der Waals surface area (Å²) in [5, 5.41) is 3.78. The molecule has 2 nitrogen and oxygen atoms in total. The van der Waals surface area contributed by atoms with Crippen molar-refractivity contribution in [3.63, 3.8) is 0 Å². The van der Waals surface area contributed by atoms with E-state index in [0.717, 1.165) is 13.1 Å². The quantitative estimate of drug-likeness (QED) is 0.894. The van der Waals surface area contributed by atoms with Gasteiger partial charge in [-0.2, -0.15) is 0 Å². The van der Waals surface area contributed by atoms with Gasteiger partial charge in [-0.15, -0.1) is 0 Å². The summed E-state index contributed by atoms with van der Waals surface area (Å²) in [4.78, 5) is 2.58. The predicted molar refractivity (Wildman–Crippen MR) is 81.9 cm³/mol. The average molecular weight is 258 g/mol. The summed E-state index contributed by atoms with van der Waals surface area (Å²) in [6.07, 6.45) is 7.95. The van der Waals surface area contributed by atoms with E-state index in [4.69, 9.17) is 0 Å². The Morgan fingerprint density at radius 3 is 2.58 bits per heavy atom. The number of rotatable bonds is 3. The highest BCUT2D eigenvalue weighted by Gasteiger charge is 2.37. The second-order valence-corrected chi connectivity index (χ2v) is 6.25. The first-order valence-electron chi connectivity index (χ1n) is 7.90. The molecule has 0 unspecified atom stereocenters. The van der Waals surface area contributed by atoms with Crippen LogP contribution in [-0.2, 0) is 6.42 Å². The van der Waals surface area contributed by atoms with Gasteiger partial charge in [0.05, 0.1) is 0 Å². The maximum absolute atomic E-state index is 3.78. The average Bonchev–Trinajstić information content (AvgIpc) is 2.88. The maximum Gasteiger partial charge on any atom is 0.0367 e. The van der Waals surface area contributed by atoms with Crippen molar-refractivity contribution >= 4 is 5.69 Å². The second-order valence-electron chi connectivity index (χ2n) is 6.25. The first-order valence-corrected chi connectivity index (χ1v) is 7.90. The molecule has 0 amide bonds. The number of nitrogens with zero attached hydrogens (tertiary/aromatic N) is 1. The van der Waals surface area contributed by atoms with Gasteiger partial charge in [-0.25, -0.2) is 0 Å². The number of anilines is 1. The molecule has 1 saturated heterocycles.